The van der Waals surface area contributed by atoms with Crippen LogP contribution in [-0.2, 0) is 9.59 Å². The Labute approximate surface area is 125 Å². The van der Waals surface area contributed by atoms with Gasteiger partial charge in [0, 0.05) is 6.54 Å². The SMILES string of the molecule is Cc1cc(C)cc(OCCC(=O)NCCC(C)C(=O)O)c1. The molecule has 2 N–H and O–H groups in total. The summed E-state index contributed by atoms with van der Waals surface area (Å²) in [6.07, 6.45) is 0.688. The largest absolute Gasteiger partial charge is 0.493 e. The molecule has 1 aromatic carbocycles. The minimum atomic E-state index is -0.845. The van der Waals surface area contributed by atoms with Crippen molar-refractivity contribution in [2.24, 2.45) is 5.92 Å². The summed E-state index contributed by atoms with van der Waals surface area (Å²) in [5, 5.41) is 11.4. The molecule has 0 spiro atoms. The lowest BCUT2D eigenvalue weighted by molar-refractivity contribution is -0.141. The number of hydrogen-bond donors (Lipinski definition) is 2. The van der Waals surface area contributed by atoms with Gasteiger partial charge in [-0.05, 0) is 43.5 Å². The first-order chi connectivity index (χ1) is 9.88. The van der Waals surface area contributed by atoms with Crippen molar-refractivity contribution in [1.29, 1.82) is 0 Å². The topological polar surface area (TPSA) is 75.6 Å². The molecule has 0 fully saturated rings. The Morgan fingerprint density at radius 2 is 1.86 bits per heavy atom. The Balaban J connectivity index is 2.23. The van der Waals surface area contributed by atoms with Crippen molar-refractivity contribution in [2.45, 2.75) is 33.6 Å². The van der Waals surface area contributed by atoms with Gasteiger partial charge in [-0.1, -0.05) is 13.0 Å². The first kappa shape index (κ1) is 17.0. The molecule has 0 aliphatic rings. The fraction of sp³-hybridized carbons (Fsp3) is 0.500. The summed E-state index contributed by atoms with van der Waals surface area (Å²) < 4.78 is 5.55. The number of nitrogens with one attached hydrogen (secondary N) is 1. The van der Waals surface area contributed by atoms with Gasteiger partial charge in [-0.2, -0.15) is 0 Å². The Morgan fingerprint density at radius 3 is 2.43 bits per heavy atom. The third kappa shape index (κ3) is 6.79. The lowest BCUT2D eigenvalue weighted by Gasteiger charge is -2.10. The van der Waals surface area contributed by atoms with E-state index < -0.39 is 11.9 Å². The van der Waals surface area contributed by atoms with E-state index in [2.05, 4.69) is 11.4 Å². The van der Waals surface area contributed by atoms with Crippen molar-refractivity contribution in [2.75, 3.05) is 13.2 Å². The molecule has 0 heterocycles. The molecule has 1 atom stereocenters. The summed E-state index contributed by atoms with van der Waals surface area (Å²) in [6, 6.07) is 5.92. The summed E-state index contributed by atoms with van der Waals surface area (Å²) in [6.45, 7) is 6.29. The van der Waals surface area contributed by atoms with Crippen LogP contribution in [0.4, 0.5) is 0 Å². The van der Waals surface area contributed by atoms with Gasteiger partial charge in [0.15, 0.2) is 0 Å². The number of carbonyl (C=O) groups is 2. The van der Waals surface area contributed by atoms with E-state index in [1.165, 1.54) is 0 Å². The molecule has 5 heteroatoms. The monoisotopic (exact) mass is 293 g/mol. The van der Waals surface area contributed by atoms with Gasteiger partial charge in [-0.15, -0.1) is 0 Å². The minimum Gasteiger partial charge on any atom is -0.493 e. The van der Waals surface area contributed by atoms with Gasteiger partial charge in [0.1, 0.15) is 5.75 Å². The number of carboxylic acids is 1. The highest BCUT2D eigenvalue weighted by atomic mass is 16.5. The summed E-state index contributed by atoms with van der Waals surface area (Å²) in [5.74, 6) is -0.656. The van der Waals surface area contributed by atoms with Crippen molar-refractivity contribution in [3.05, 3.63) is 29.3 Å². The van der Waals surface area contributed by atoms with E-state index in [0.29, 0.717) is 19.6 Å². The summed E-state index contributed by atoms with van der Waals surface area (Å²) in [5.41, 5.74) is 2.24. The second-order valence-corrected chi connectivity index (χ2v) is 5.30. The number of amides is 1. The molecule has 0 aliphatic carbocycles. The molecule has 1 amide bonds. The van der Waals surface area contributed by atoms with E-state index in [9.17, 15) is 9.59 Å². The molecule has 0 saturated carbocycles. The maximum Gasteiger partial charge on any atom is 0.306 e. The molecule has 21 heavy (non-hydrogen) atoms. The van der Waals surface area contributed by atoms with E-state index in [1.54, 1.807) is 6.92 Å². The summed E-state index contributed by atoms with van der Waals surface area (Å²) in [7, 11) is 0. The number of rotatable bonds is 8. The van der Waals surface area contributed by atoms with Crippen LogP contribution in [0, 0.1) is 19.8 Å². The molecular weight excluding hydrogens is 270 g/mol. The summed E-state index contributed by atoms with van der Waals surface area (Å²) in [4.78, 5) is 22.2. The van der Waals surface area contributed by atoms with Crippen molar-refractivity contribution in [3.63, 3.8) is 0 Å². The zero-order chi connectivity index (χ0) is 15.8. The Hall–Kier alpha value is -2.04. The van der Waals surface area contributed by atoms with Crippen molar-refractivity contribution in [1.82, 2.24) is 5.32 Å². The van der Waals surface area contributed by atoms with Crippen LogP contribution >= 0.6 is 0 Å². The smallest absolute Gasteiger partial charge is 0.306 e. The Morgan fingerprint density at radius 1 is 1.24 bits per heavy atom. The van der Waals surface area contributed by atoms with Crippen LogP contribution in [0.1, 0.15) is 30.9 Å². The first-order valence-electron chi connectivity index (χ1n) is 7.09. The van der Waals surface area contributed by atoms with Gasteiger partial charge in [0.05, 0.1) is 18.9 Å². The average molecular weight is 293 g/mol. The molecule has 0 radical (unpaired) electrons. The molecule has 1 unspecified atom stereocenters. The molecule has 0 saturated heterocycles. The second-order valence-electron chi connectivity index (χ2n) is 5.30. The molecule has 1 aromatic rings. The Kier molecular flexibility index (Phi) is 6.72. The predicted octanol–water partition coefficient (Wildman–Crippen LogP) is 2.30. The maximum absolute atomic E-state index is 11.6. The highest BCUT2D eigenvalue weighted by Crippen LogP contribution is 2.16. The molecule has 0 aliphatic heterocycles. The van der Waals surface area contributed by atoms with Crippen LogP contribution in [0.25, 0.3) is 0 Å². The Bertz CT molecular complexity index is 479. The molecule has 116 valence electrons. The van der Waals surface area contributed by atoms with Gasteiger partial charge in [0.2, 0.25) is 5.91 Å². The number of ether oxygens (including phenoxy) is 1. The van der Waals surface area contributed by atoms with Crippen LogP contribution < -0.4 is 10.1 Å². The van der Waals surface area contributed by atoms with Gasteiger partial charge in [0.25, 0.3) is 0 Å². The van der Waals surface area contributed by atoms with E-state index in [1.807, 2.05) is 26.0 Å². The quantitative estimate of drug-likeness (QED) is 0.771. The first-order valence-corrected chi connectivity index (χ1v) is 7.09. The van der Waals surface area contributed by atoms with Gasteiger partial charge in [-0.25, -0.2) is 0 Å². The number of hydrogen-bond acceptors (Lipinski definition) is 3. The second kappa shape index (κ2) is 8.29. The van der Waals surface area contributed by atoms with Crippen LogP contribution in [0.3, 0.4) is 0 Å². The molecule has 0 bridgehead atoms. The van der Waals surface area contributed by atoms with Gasteiger partial charge in [-0.3, -0.25) is 9.59 Å². The van der Waals surface area contributed by atoms with Crippen molar-refractivity contribution in [3.8, 4) is 5.75 Å². The summed E-state index contributed by atoms with van der Waals surface area (Å²) >= 11 is 0. The zero-order valence-corrected chi connectivity index (χ0v) is 12.8. The molecule has 5 nitrogen and oxygen atoms in total. The third-order valence-corrected chi connectivity index (χ3v) is 3.11. The van der Waals surface area contributed by atoms with Crippen LogP contribution in [0.2, 0.25) is 0 Å². The highest BCUT2D eigenvalue weighted by molar-refractivity contribution is 5.76. The normalized spacial score (nSPS) is 11.8. The van der Waals surface area contributed by atoms with Crippen LogP contribution in [0.5, 0.6) is 5.75 Å². The molecular formula is C16H23NO4. The van der Waals surface area contributed by atoms with Gasteiger partial charge < -0.3 is 15.2 Å². The molecule has 1 rings (SSSR count). The zero-order valence-electron chi connectivity index (χ0n) is 12.8. The van der Waals surface area contributed by atoms with Crippen LogP contribution in [0.15, 0.2) is 18.2 Å². The van der Waals surface area contributed by atoms with Gasteiger partial charge >= 0.3 is 5.97 Å². The highest BCUT2D eigenvalue weighted by Gasteiger charge is 2.10. The number of aliphatic carboxylic acids is 1. The average Bonchev–Trinajstić information content (AvgIpc) is 2.37. The maximum atomic E-state index is 11.6. The lowest BCUT2D eigenvalue weighted by atomic mass is 10.1. The van der Waals surface area contributed by atoms with Crippen molar-refractivity contribution >= 4 is 11.9 Å². The molecule has 0 aromatic heterocycles. The number of benzene rings is 1. The lowest BCUT2D eigenvalue weighted by Crippen LogP contribution is -2.28. The third-order valence-electron chi connectivity index (χ3n) is 3.11. The van der Waals surface area contributed by atoms with E-state index in [-0.39, 0.29) is 12.3 Å². The van der Waals surface area contributed by atoms with E-state index >= 15 is 0 Å². The van der Waals surface area contributed by atoms with E-state index in [0.717, 1.165) is 16.9 Å². The fourth-order valence-electron chi connectivity index (χ4n) is 1.92. The number of aryl methyl sites for hydroxylation is 2. The number of carboxylic acid groups (broad SMARTS) is 1. The fourth-order valence-corrected chi connectivity index (χ4v) is 1.92. The predicted molar refractivity (Wildman–Crippen MR) is 80.5 cm³/mol. The minimum absolute atomic E-state index is 0.128. The van der Waals surface area contributed by atoms with Crippen LogP contribution in [-0.4, -0.2) is 30.1 Å². The van der Waals surface area contributed by atoms with E-state index in [4.69, 9.17) is 9.84 Å². The number of carbonyl (C=O) groups excluding carboxylic acids is 1. The van der Waals surface area contributed by atoms with Crippen molar-refractivity contribution < 1.29 is 19.4 Å². The standard InChI is InChI=1S/C16H23NO4/c1-11-8-12(2)10-14(9-11)21-7-5-15(18)17-6-4-13(3)16(19)20/h8-10,13H,4-7H2,1-3H3,(H,17,18)(H,19,20).